The summed E-state index contributed by atoms with van der Waals surface area (Å²) < 4.78 is 5.39. The minimum atomic E-state index is -1.84. The molecule has 0 aliphatic carbocycles. The van der Waals surface area contributed by atoms with Crippen LogP contribution in [0.25, 0.3) is 0 Å². The summed E-state index contributed by atoms with van der Waals surface area (Å²) in [6.45, 7) is 13.7. The van der Waals surface area contributed by atoms with Crippen molar-refractivity contribution in [3.8, 4) is 0 Å². The zero-order valence-corrected chi connectivity index (χ0v) is 29.7. The monoisotopic (exact) mass is 660 g/mol. The summed E-state index contributed by atoms with van der Waals surface area (Å²) in [6, 6.07) is 0. The quantitative estimate of drug-likeness (QED) is 0.0710. The number of hydrogen-bond acceptors (Lipinski definition) is 2. The Labute approximate surface area is 260 Å². The summed E-state index contributed by atoms with van der Waals surface area (Å²) in [7, 11) is -1.84. The molecule has 0 saturated carbocycles. The number of rotatable bonds is 22. The van der Waals surface area contributed by atoms with Gasteiger partial charge in [-0.3, -0.25) is 0 Å². The van der Waals surface area contributed by atoms with E-state index in [1.165, 1.54) is 12.8 Å². The summed E-state index contributed by atoms with van der Waals surface area (Å²) in [6.07, 6.45) is 13.2. The largest absolute Gasteiger partial charge is 0.414 e. The molecule has 2 nitrogen and oxygen atoms in total. The smallest absolute Gasteiger partial charge is 0.192 e. The van der Waals surface area contributed by atoms with Gasteiger partial charge in [-0.05, 0) is 43.8 Å². The van der Waals surface area contributed by atoms with Gasteiger partial charge in [0, 0.05) is 5.38 Å². The van der Waals surface area contributed by atoms with E-state index >= 15 is 0 Å². The van der Waals surface area contributed by atoms with Crippen molar-refractivity contribution in [3.63, 3.8) is 0 Å². The van der Waals surface area contributed by atoms with Gasteiger partial charge < -0.3 is 9.53 Å². The molecule has 0 aromatic rings. The van der Waals surface area contributed by atoms with Crippen LogP contribution in [0.15, 0.2) is 0 Å². The highest BCUT2D eigenvalue weighted by Gasteiger charge is 2.39. The molecule has 0 aromatic carbocycles. The van der Waals surface area contributed by atoms with Crippen molar-refractivity contribution in [3.05, 3.63) is 0 Å². The predicted octanol–water partition coefficient (Wildman–Crippen LogP) is 11.5. The number of unbranched alkanes of at least 4 members (excludes halogenated alkanes) is 8. The molecule has 0 aromatic heterocycles. The molecule has 0 amide bonds. The SMILES string of the molecule is CCCCCC[C@@H](Cl)[C@@H](Cl)[C@@H](O)[C@H](Cl)C[C@@H](Cl)CCCCCCCCC(Cl)(Cl)CO[Si](C)(C)C(C)(C)C. The Hall–Kier alpha value is 1.88. The average molecular weight is 664 g/mol. The molecule has 5 atom stereocenters. The van der Waals surface area contributed by atoms with E-state index in [-0.39, 0.29) is 15.8 Å². The van der Waals surface area contributed by atoms with Crippen LogP contribution in [-0.4, -0.2) is 52.0 Å². The maximum atomic E-state index is 10.5. The number of hydrogen-bond donors (Lipinski definition) is 1. The van der Waals surface area contributed by atoms with E-state index in [0.29, 0.717) is 13.0 Å². The number of halogens is 6. The van der Waals surface area contributed by atoms with Gasteiger partial charge in [-0.1, -0.05) is 115 Å². The van der Waals surface area contributed by atoms with E-state index in [9.17, 15) is 5.11 Å². The molecule has 0 heterocycles. The Kier molecular flexibility index (Phi) is 20.9. The van der Waals surface area contributed by atoms with Gasteiger partial charge in [-0.25, -0.2) is 0 Å². The van der Waals surface area contributed by atoms with Crippen molar-refractivity contribution in [1.82, 2.24) is 0 Å². The van der Waals surface area contributed by atoms with E-state index in [2.05, 4.69) is 40.8 Å². The van der Waals surface area contributed by atoms with E-state index in [1.807, 2.05) is 0 Å². The third-order valence-corrected chi connectivity index (χ3v) is 14.7. The minimum absolute atomic E-state index is 0.0756. The Morgan fingerprint density at radius 3 is 1.84 bits per heavy atom. The van der Waals surface area contributed by atoms with Gasteiger partial charge in [0.05, 0.1) is 28.8 Å². The summed E-state index contributed by atoms with van der Waals surface area (Å²) in [5.74, 6) is 0. The number of alkyl halides is 6. The van der Waals surface area contributed by atoms with Gasteiger partial charge in [0.1, 0.15) is 4.33 Å². The van der Waals surface area contributed by atoms with Crippen LogP contribution in [0.1, 0.15) is 118 Å². The third-order valence-electron chi connectivity index (χ3n) is 7.62. The van der Waals surface area contributed by atoms with Crippen LogP contribution in [0, 0.1) is 0 Å². The molecule has 9 heteroatoms. The van der Waals surface area contributed by atoms with Crippen LogP contribution in [0.2, 0.25) is 18.1 Å². The van der Waals surface area contributed by atoms with E-state index in [4.69, 9.17) is 74.0 Å². The molecule has 0 aliphatic heterocycles. The van der Waals surface area contributed by atoms with Crippen molar-refractivity contribution in [2.75, 3.05) is 6.61 Å². The molecule has 0 fully saturated rings. The van der Waals surface area contributed by atoms with E-state index < -0.39 is 29.5 Å². The van der Waals surface area contributed by atoms with E-state index in [1.54, 1.807) is 0 Å². The van der Waals surface area contributed by atoms with Gasteiger partial charge in [0.25, 0.3) is 0 Å². The van der Waals surface area contributed by atoms with Crippen molar-refractivity contribution < 1.29 is 9.53 Å². The molecule has 224 valence electrons. The second-order valence-electron chi connectivity index (χ2n) is 12.2. The molecule has 1 N–H and O–H groups in total. The second kappa shape index (κ2) is 19.9. The topological polar surface area (TPSA) is 29.5 Å². The lowest BCUT2D eigenvalue weighted by Crippen LogP contribution is -2.43. The summed E-state index contributed by atoms with van der Waals surface area (Å²) in [5, 5.41) is 9.27. The van der Waals surface area contributed by atoms with Crippen LogP contribution in [0.3, 0.4) is 0 Å². The molecular formula is C28H54Cl6O2Si. The molecule has 0 aliphatic rings. The summed E-state index contributed by atoms with van der Waals surface area (Å²) in [4.78, 5) is 0. The van der Waals surface area contributed by atoms with Gasteiger partial charge in [0.15, 0.2) is 8.32 Å². The highest BCUT2D eigenvalue weighted by molar-refractivity contribution is 6.74. The normalized spacial score (nSPS) is 17.4. The summed E-state index contributed by atoms with van der Waals surface area (Å²) in [5.41, 5.74) is 0. The molecule has 0 rings (SSSR count). The zero-order chi connectivity index (χ0) is 28.7. The van der Waals surface area contributed by atoms with Crippen molar-refractivity contribution in [2.24, 2.45) is 0 Å². The van der Waals surface area contributed by atoms with Crippen LogP contribution < -0.4 is 0 Å². The van der Waals surface area contributed by atoms with Crippen LogP contribution in [-0.2, 0) is 4.43 Å². The van der Waals surface area contributed by atoms with Crippen molar-refractivity contribution >= 4 is 77.9 Å². The minimum Gasteiger partial charge on any atom is -0.414 e. The molecular weight excluding hydrogens is 609 g/mol. The van der Waals surface area contributed by atoms with Gasteiger partial charge in [-0.2, -0.15) is 0 Å². The fourth-order valence-electron chi connectivity index (χ4n) is 3.87. The number of aliphatic hydroxyl groups excluding tert-OH is 1. The molecule has 0 spiro atoms. The van der Waals surface area contributed by atoms with Crippen LogP contribution >= 0.6 is 69.6 Å². The highest BCUT2D eigenvalue weighted by atomic mass is 35.5. The van der Waals surface area contributed by atoms with Gasteiger partial charge in [0.2, 0.25) is 0 Å². The molecule has 37 heavy (non-hydrogen) atoms. The fourth-order valence-corrected chi connectivity index (χ4v) is 6.96. The molecule has 0 radical (unpaired) electrons. The lowest BCUT2D eigenvalue weighted by atomic mass is 10.00. The Balaban J connectivity index is 4.00. The first-order chi connectivity index (χ1) is 17.0. The molecule has 0 bridgehead atoms. The third kappa shape index (κ3) is 18.1. The first kappa shape index (κ1) is 38.9. The molecule has 0 saturated heterocycles. The van der Waals surface area contributed by atoms with Gasteiger partial charge >= 0.3 is 0 Å². The Morgan fingerprint density at radius 1 is 0.757 bits per heavy atom. The predicted molar refractivity (Wildman–Crippen MR) is 172 cm³/mol. The van der Waals surface area contributed by atoms with Crippen molar-refractivity contribution in [1.29, 1.82) is 0 Å². The molecule has 0 unspecified atom stereocenters. The Bertz CT molecular complexity index is 573. The fraction of sp³-hybridized carbons (Fsp3) is 1.00. The maximum absolute atomic E-state index is 10.5. The lowest BCUT2D eigenvalue weighted by molar-refractivity contribution is 0.156. The average Bonchev–Trinajstić information content (AvgIpc) is 2.80. The zero-order valence-electron chi connectivity index (χ0n) is 24.1. The summed E-state index contributed by atoms with van der Waals surface area (Å²) >= 11 is 38.8. The first-order valence-corrected chi connectivity index (χ1v) is 19.7. The van der Waals surface area contributed by atoms with Crippen molar-refractivity contribution in [2.45, 2.75) is 168 Å². The maximum Gasteiger partial charge on any atom is 0.192 e. The number of aliphatic hydroxyl groups is 1. The lowest BCUT2D eigenvalue weighted by Gasteiger charge is -2.37. The standard InChI is InChI=1S/C28H54Cl6O2Si/c1-7-8-9-15-18-23(30)25(32)26(35)24(31)20-22(29)17-14-12-10-11-13-16-19-28(33,34)21-36-37(5,6)27(2,3)4/h22-26,35H,7-21H2,1-6H3/t22-,23+,24+,25+,26-/m0/s1. The Morgan fingerprint density at radius 2 is 1.27 bits per heavy atom. The van der Waals surface area contributed by atoms with Crippen LogP contribution in [0.4, 0.5) is 0 Å². The van der Waals surface area contributed by atoms with E-state index in [0.717, 1.165) is 70.6 Å². The highest BCUT2D eigenvalue weighted by Crippen LogP contribution is 2.39. The first-order valence-electron chi connectivity index (χ1n) is 14.3. The van der Waals surface area contributed by atoms with Gasteiger partial charge in [-0.15, -0.1) is 46.4 Å². The van der Waals surface area contributed by atoms with Crippen LogP contribution in [0.5, 0.6) is 0 Å². The second-order valence-corrected chi connectivity index (χ2v) is 20.9.